The van der Waals surface area contributed by atoms with E-state index < -0.39 is 11.5 Å². The lowest BCUT2D eigenvalue weighted by atomic mass is 9.87. The first-order valence-electron chi connectivity index (χ1n) is 3.37. The molecule has 4 heteroatoms. The Balaban J connectivity index is 0. The van der Waals surface area contributed by atoms with E-state index >= 15 is 0 Å². The zero-order valence-electron chi connectivity index (χ0n) is 7.13. The van der Waals surface area contributed by atoms with Gasteiger partial charge in [-0.15, -0.1) is 12.4 Å². The van der Waals surface area contributed by atoms with Gasteiger partial charge in [0.15, 0.2) is 0 Å². The van der Waals surface area contributed by atoms with Crippen molar-refractivity contribution in [3.8, 4) is 0 Å². The molecule has 0 heterocycles. The molecule has 68 valence electrons. The molecule has 11 heavy (non-hydrogen) atoms. The van der Waals surface area contributed by atoms with Crippen LogP contribution in [0.1, 0.15) is 27.2 Å². The lowest BCUT2D eigenvalue weighted by Gasteiger charge is -2.26. The van der Waals surface area contributed by atoms with Gasteiger partial charge in [-0.1, -0.05) is 13.8 Å². The molecule has 0 aromatic rings. The summed E-state index contributed by atoms with van der Waals surface area (Å²) in [4.78, 5) is 10.2. The molecule has 0 radical (unpaired) electrons. The third-order valence-corrected chi connectivity index (χ3v) is 1.85. The molecular formula is C7H16ClNO2. The van der Waals surface area contributed by atoms with E-state index in [9.17, 15) is 4.79 Å². The van der Waals surface area contributed by atoms with Crippen LogP contribution in [-0.4, -0.2) is 16.6 Å². The van der Waals surface area contributed by atoms with Gasteiger partial charge in [0, 0.05) is 5.54 Å². The van der Waals surface area contributed by atoms with Gasteiger partial charge in [0.2, 0.25) is 0 Å². The predicted molar refractivity (Wildman–Crippen MR) is 46.9 cm³/mol. The topological polar surface area (TPSA) is 63.3 Å². The lowest BCUT2D eigenvalue weighted by Crippen LogP contribution is -2.43. The van der Waals surface area contributed by atoms with E-state index in [2.05, 4.69) is 0 Å². The number of halogens is 1. The average molecular weight is 182 g/mol. The van der Waals surface area contributed by atoms with Crippen molar-refractivity contribution in [1.82, 2.24) is 0 Å². The second kappa shape index (κ2) is 4.57. The van der Waals surface area contributed by atoms with E-state index in [0.717, 1.165) is 0 Å². The summed E-state index contributed by atoms with van der Waals surface area (Å²) >= 11 is 0. The molecule has 0 aliphatic rings. The van der Waals surface area contributed by atoms with Crippen molar-refractivity contribution in [1.29, 1.82) is 0 Å². The minimum absolute atomic E-state index is 0. The Morgan fingerprint density at radius 1 is 1.64 bits per heavy atom. The van der Waals surface area contributed by atoms with Crippen molar-refractivity contribution in [3.05, 3.63) is 0 Å². The Hall–Kier alpha value is -0.280. The normalized spacial score (nSPS) is 15.4. The van der Waals surface area contributed by atoms with Crippen molar-refractivity contribution in [3.63, 3.8) is 0 Å². The van der Waals surface area contributed by atoms with Crippen LogP contribution in [0.2, 0.25) is 0 Å². The average Bonchev–Trinajstić information content (AvgIpc) is 1.60. The number of aliphatic carboxylic acids is 1. The van der Waals surface area contributed by atoms with Gasteiger partial charge in [0.25, 0.3) is 0 Å². The molecule has 1 unspecified atom stereocenters. The maximum Gasteiger partial charge on any atom is 0.305 e. The summed E-state index contributed by atoms with van der Waals surface area (Å²) in [5, 5.41) is 8.42. The number of rotatable bonds is 3. The second-order valence-corrected chi connectivity index (χ2v) is 3.23. The maximum absolute atomic E-state index is 10.2. The van der Waals surface area contributed by atoms with Gasteiger partial charge >= 0.3 is 5.97 Å². The molecular weight excluding hydrogens is 166 g/mol. The Bertz CT molecular complexity index is 134. The standard InChI is InChI=1S/C7H15NO2.ClH/c1-5(2)7(3,8)4-6(9)10;/h5H,4,8H2,1-3H3,(H,9,10);1H. The highest BCUT2D eigenvalue weighted by Crippen LogP contribution is 2.16. The Labute approximate surface area is 73.4 Å². The van der Waals surface area contributed by atoms with Crippen LogP contribution in [-0.2, 0) is 4.79 Å². The van der Waals surface area contributed by atoms with E-state index in [1.54, 1.807) is 6.92 Å². The van der Waals surface area contributed by atoms with Crippen molar-refractivity contribution in [2.45, 2.75) is 32.7 Å². The number of carboxylic acid groups (broad SMARTS) is 1. The molecule has 0 amide bonds. The molecule has 0 bridgehead atoms. The molecule has 0 aromatic carbocycles. The summed E-state index contributed by atoms with van der Waals surface area (Å²) in [5.74, 6) is -0.637. The number of nitrogens with two attached hydrogens (primary N) is 1. The van der Waals surface area contributed by atoms with Crippen LogP contribution < -0.4 is 5.73 Å². The molecule has 0 saturated carbocycles. The Kier molecular flexibility index (Phi) is 5.53. The molecule has 0 fully saturated rings. The molecule has 3 N–H and O–H groups in total. The van der Waals surface area contributed by atoms with Gasteiger partial charge in [0.1, 0.15) is 0 Å². The number of hydrogen-bond acceptors (Lipinski definition) is 2. The fourth-order valence-corrected chi connectivity index (χ4v) is 0.530. The van der Waals surface area contributed by atoms with Gasteiger partial charge in [-0.2, -0.15) is 0 Å². The molecule has 0 saturated heterocycles. The first kappa shape index (κ1) is 13.3. The molecule has 0 aromatic heterocycles. The number of carbonyl (C=O) groups is 1. The molecule has 0 aliphatic heterocycles. The SMILES string of the molecule is CC(C)C(C)(N)CC(=O)O.Cl. The monoisotopic (exact) mass is 181 g/mol. The highest BCUT2D eigenvalue weighted by Gasteiger charge is 2.25. The van der Waals surface area contributed by atoms with Crippen LogP contribution in [0, 0.1) is 5.92 Å². The van der Waals surface area contributed by atoms with E-state index in [1.165, 1.54) is 0 Å². The summed E-state index contributed by atoms with van der Waals surface area (Å²) < 4.78 is 0. The lowest BCUT2D eigenvalue weighted by molar-refractivity contribution is -0.138. The minimum Gasteiger partial charge on any atom is -0.481 e. The highest BCUT2D eigenvalue weighted by atomic mass is 35.5. The molecule has 0 aliphatic carbocycles. The summed E-state index contributed by atoms with van der Waals surface area (Å²) in [7, 11) is 0. The Morgan fingerprint density at radius 2 is 2.00 bits per heavy atom. The first-order valence-corrected chi connectivity index (χ1v) is 3.37. The second-order valence-electron chi connectivity index (χ2n) is 3.23. The van der Waals surface area contributed by atoms with Crippen LogP contribution in [0.5, 0.6) is 0 Å². The van der Waals surface area contributed by atoms with Gasteiger partial charge in [-0.05, 0) is 12.8 Å². The van der Waals surface area contributed by atoms with Crippen molar-refractivity contribution >= 4 is 18.4 Å². The molecule has 3 nitrogen and oxygen atoms in total. The van der Waals surface area contributed by atoms with E-state index in [-0.39, 0.29) is 24.7 Å². The Morgan fingerprint density at radius 3 is 2.09 bits per heavy atom. The molecule has 0 spiro atoms. The summed E-state index contributed by atoms with van der Waals surface area (Å²) in [6.45, 7) is 5.59. The van der Waals surface area contributed by atoms with E-state index in [1.807, 2.05) is 13.8 Å². The first-order chi connectivity index (χ1) is 4.36. The van der Waals surface area contributed by atoms with Crippen LogP contribution in [0.25, 0.3) is 0 Å². The number of hydrogen-bond donors (Lipinski definition) is 2. The van der Waals surface area contributed by atoms with E-state index in [0.29, 0.717) is 0 Å². The van der Waals surface area contributed by atoms with Crippen LogP contribution in [0.4, 0.5) is 0 Å². The summed E-state index contributed by atoms with van der Waals surface area (Å²) in [6.07, 6.45) is 0.0324. The minimum atomic E-state index is -0.835. The van der Waals surface area contributed by atoms with Crippen LogP contribution >= 0.6 is 12.4 Å². The molecule has 0 rings (SSSR count). The van der Waals surface area contributed by atoms with Crippen molar-refractivity contribution < 1.29 is 9.90 Å². The summed E-state index contributed by atoms with van der Waals surface area (Å²) in [5.41, 5.74) is 5.10. The predicted octanol–water partition coefficient (Wildman–Crippen LogP) is 1.26. The zero-order chi connectivity index (χ0) is 8.36. The van der Waals surface area contributed by atoms with Crippen molar-refractivity contribution in [2.75, 3.05) is 0 Å². The van der Waals surface area contributed by atoms with Gasteiger partial charge in [-0.25, -0.2) is 0 Å². The zero-order valence-corrected chi connectivity index (χ0v) is 7.94. The van der Waals surface area contributed by atoms with Gasteiger partial charge in [0.05, 0.1) is 6.42 Å². The quantitative estimate of drug-likeness (QED) is 0.689. The van der Waals surface area contributed by atoms with E-state index in [4.69, 9.17) is 10.8 Å². The summed E-state index contributed by atoms with van der Waals surface area (Å²) in [6, 6.07) is 0. The van der Waals surface area contributed by atoms with Crippen molar-refractivity contribution in [2.24, 2.45) is 11.7 Å². The van der Waals surface area contributed by atoms with Crippen LogP contribution in [0.3, 0.4) is 0 Å². The maximum atomic E-state index is 10.2. The van der Waals surface area contributed by atoms with Gasteiger partial charge < -0.3 is 10.8 Å². The smallest absolute Gasteiger partial charge is 0.305 e. The third kappa shape index (κ3) is 5.04. The van der Waals surface area contributed by atoms with Crippen LogP contribution in [0.15, 0.2) is 0 Å². The molecule has 1 atom stereocenters. The fourth-order valence-electron chi connectivity index (χ4n) is 0.530. The van der Waals surface area contributed by atoms with Gasteiger partial charge in [-0.3, -0.25) is 4.79 Å². The fraction of sp³-hybridized carbons (Fsp3) is 0.857. The highest BCUT2D eigenvalue weighted by molar-refractivity contribution is 5.85. The largest absolute Gasteiger partial charge is 0.481 e. The third-order valence-electron chi connectivity index (χ3n) is 1.85. The number of carboxylic acids is 1.